The second-order valence-electron chi connectivity index (χ2n) is 1.38. The van der Waals surface area contributed by atoms with E-state index in [1.165, 1.54) is 0 Å². The molecule has 0 aromatic carbocycles. The van der Waals surface area contributed by atoms with Crippen LogP contribution in [0.2, 0.25) is 0 Å². The Labute approximate surface area is 69.3 Å². The molecule has 0 heterocycles. The van der Waals surface area contributed by atoms with E-state index in [0.29, 0.717) is 0 Å². The van der Waals surface area contributed by atoms with Crippen molar-refractivity contribution in [2.45, 2.75) is 13.8 Å². The lowest BCUT2D eigenvalue weighted by molar-refractivity contribution is 0.308. The summed E-state index contributed by atoms with van der Waals surface area (Å²) in [7, 11) is 3.30. The van der Waals surface area contributed by atoms with E-state index in [0.717, 1.165) is 5.76 Å². The summed E-state index contributed by atoms with van der Waals surface area (Å²) in [5.41, 5.74) is 0. The molecule has 0 unspecified atom stereocenters. The van der Waals surface area contributed by atoms with Gasteiger partial charge >= 0.3 is 0 Å². The molecule has 0 aliphatic rings. The van der Waals surface area contributed by atoms with Gasteiger partial charge in [0.1, 0.15) is 5.76 Å². The van der Waals surface area contributed by atoms with E-state index in [4.69, 9.17) is 4.74 Å². The van der Waals surface area contributed by atoms with Gasteiger partial charge in [0, 0.05) is 13.3 Å². The van der Waals surface area contributed by atoms with Crippen molar-refractivity contribution < 1.29 is 4.74 Å². The molecule has 2 nitrogen and oxygen atoms in total. The molecule has 0 aromatic heterocycles. The average molecular weight is 155 g/mol. The van der Waals surface area contributed by atoms with Crippen LogP contribution in [0.15, 0.2) is 29.5 Å². The lowest BCUT2D eigenvalue weighted by Crippen LogP contribution is -1.80. The number of nitrogens with zero attached hydrogens (tertiary/aromatic N) is 1. The van der Waals surface area contributed by atoms with Gasteiger partial charge in [-0.2, -0.15) is 0 Å². The summed E-state index contributed by atoms with van der Waals surface area (Å²) in [6.45, 7) is 7.53. The Morgan fingerprint density at radius 1 is 1.45 bits per heavy atom. The fourth-order valence-corrected chi connectivity index (χ4v) is 0.367. The van der Waals surface area contributed by atoms with Gasteiger partial charge in [-0.25, -0.2) is 0 Å². The van der Waals surface area contributed by atoms with Crippen LogP contribution in [0, 0.1) is 0 Å². The zero-order valence-electron chi connectivity index (χ0n) is 7.79. The molecule has 64 valence electrons. The van der Waals surface area contributed by atoms with E-state index in [9.17, 15) is 0 Å². The van der Waals surface area contributed by atoms with Gasteiger partial charge in [0.15, 0.2) is 0 Å². The van der Waals surface area contributed by atoms with Crippen LogP contribution in [-0.2, 0) is 4.74 Å². The molecule has 0 fully saturated rings. The van der Waals surface area contributed by atoms with Crippen LogP contribution in [0.4, 0.5) is 0 Å². The Balaban J connectivity index is 0. The van der Waals surface area contributed by atoms with Crippen molar-refractivity contribution >= 4 is 6.21 Å². The van der Waals surface area contributed by atoms with Crippen LogP contribution < -0.4 is 0 Å². The number of rotatable bonds is 3. The Hall–Kier alpha value is -1.05. The molecule has 0 aliphatic heterocycles. The van der Waals surface area contributed by atoms with Gasteiger partial charge in [0.05, 0.1) is 7.11 Å². The van der Waals surface area contributed by atoms with Crippen LogP contribution in [-0.4, -0.2) is 20.4 Å². The maximum Gasteiger partial charge on any atom is 0.119 e. The summed E-state index contributed by atoms with van der Waals surface area (Å²) >= 11 is 0. The second-order valence-corrected chi connectivity index (χ2v) is 1.38. The molecule has 0 aliphatic carbocycles. The lowest BCUT2D eigenvalue weighted by atomic mass is 10.4. The average Bonchev–Trinajstić information content (AvgIpc) is 2.10. The third-order valence-electron chi connectivity index (χ3n) is 0.825. The minimum absolute atomic E-state index is 0.723. The normalized spacial score (nSPS) is 10.4. The fraction of sp³-hybridized carbons (Fsp3) is 0.444. The fourth-order valence-electron chi connectivity index (χ4n) is 0.367. The number of allylic oxidation sites excluding steroid dienone is 2. The van der Waals surface area contributed by atoms with Crippen molar-refractivity contribution in [1.29, 1.82) is 0 Å². The van der Waals surface area contributed by atoms with Gasteiger partial charge < -0.3 is 4.74 Å². The molecule has 0 bridgehead atoms. The maximum absolute atomic E-state index is 4.85. The summed E-state index contributed by atoms with van der Waals surface area (Å²) in [4.78, 5) is 3.74. The van der Waals surface area contributed by atoms with E-state index >= 15 is 0 Å². The standard InChI is InChI=1S/C7H11NO.C2H6/c1-4-7(9-3)5-6-8-2;1-2/h4-6H,1H2,2-3H3;1-2H3/b7-5+,8-6?;. The van der Waals surface area contributed by atoms with Crippen LogP contribution in [0.5, 0.6) is 0 Å². The highest BCUT2D eigenvalue weighted by Gasteiger charge is 1.80. The predicted molar refractivity (Wildman–Crippen MR) is 51.1 cm³/mol. The summed E-state index contributed by atoms with van der Waals surface area (Å²) in [5.74, 6) is 0.723. The molecule has 0 N–H and O–H groups in total. The Bertz CT molecular complexity index is 136. The topological polar surface area (TPSA) is 21.6 Å². The van der Waals surface area contributed by atoms with Crippen molar-refractivity contribution in [3.63, 3.8) is 0 Å². The van der Waals surface area contributed by atoms with E-state index in [-0.39, 0.29) is 0 Å². The zero-order valence-corrected chi connectivity index (χ0v) is 7.79. The molecule has 0 aromatic rings. The Morgan fingerprint density at radius 2 is 2.00 bits per heavy atom. The molecular formula is C9H17NO. The first-order valence-corrected chi connectivity index (χ1v) is 3.64. The zero-order chi connectivity index (χ0) is 9.11. The number of hydrogen-bond donors (Lipinski definition) is 0. The van der Waals surface area contributed by atoms with Gasteiger partial charge in [-0.1, -0.05) is 20.4 Å². The summed E-state index contributed by atoms with van der Waals surface area (Å²) in [6.07, 6.45) is 5.02. The third kappa shape index (κ3) is 8.95. The van der Waals surface area contributed by atoms with E-state index < -0.39 is 0 Å². The van der Waals surface area contributed by atoms with Crippen molar-refractivity contribution in [1.82, 2.24) is 0 Å². The van der Waals surface area contributed by atoms with Crippen LogP contribution in [0.25, 0.3) is 0 Å². The molecule has 0 rings (SSSR count). The highest BCUT2D eigenvalue weighted by molar-refractivity contribution is 5.72. The quantitative estimate of drug-likeness (QED) is 0.348. The van der Waals surface area contributed by atoms with Crippen LogP contribution >= 0.6 is 0 Å². The number of methoxy groups -OCH3 is 1. The first-order valence-electron chi connectivity index (χ1n) is 3.64. The smallest absolute Gasteiger partial charge is 0.119 e. The van der Waals surface area contributed by atoms with Gasteiger partial charge in [0.2, 0.25) is 0 Å². The Morgan fingerprint density at radius 3 is 2.27 bits per heavy atom. The van der Waals surface area contributed by atoms with Crippen molar-refractivity contribution in [2.75, 3.05) is 14.2 Å². The Kier molecular flexibility index (Phi) is 13.4. The first kappa shape index (κ1) is 12.6. The van der Waals surface area contributed by atoms with Crippen molar-refractivity contribution in [2.24, 2.45) is 4.99 Å². The van der Waals surface area contributed by atoms with Gasteiger partial charge in [0.25, 0.3) is 0 Å². The molecule has 0 saturated heterocycles. The molecule has 0 spiro atoms. The van der Waals surface area contributed by atoms with Crippen LogP contribution in [0.3, 0.4) is 0 Å². The molecule has 0 saturated carbocycles. The minimum atomic E-state index is 0.723. The van der Waals surface area contributed by atoms with Gasteiger partial charge in [-0.05, 0) is 12.2 Å². The predicted octanol–water partition coefficient (Wildman–Crippen LogP) is 2.43. The molecule has 0 amide bonds. The largest absolute Gasteiger partial charge is 0.497 e. The van der Waals surface area contributed by atoms with Gasteiger partial charge in [-0.3, -0.25) is 4.99 Å². The molecular weight excluding hydrogens is 138 g/mol. The highest BCUT2D eigenvalue weighted by Crippen LogP contribution is 1.92. The van der Waals surface area contributed by atoms with Crippen LogP contribution in [0.1, 0.15) is 13.8 Å². The van der Waals surface area contributed by atoms with Crippen molar-refractivity contribution in [3.05, 3.63) is 24.5 Å². The molecule has 0 radical (unpaired) electrons. The summed E-state index contributed by atoms with van der Waals surface area (Å²) in [5, 5.41) is 0. The van der Waals surface area contributed by atoms with Crippen molar-refractivity contribution in [3.8, 4) is 0 Å². The third-order valence-corrected chi connectivity index (χ3v) is 0.825. The SMILES string of the molecule is C=C/C(=C\C=NC)OC.CC. The number of ether oxygens (including phenoxy) is 1. The van der Waals surface area contributed by atoms with E-state index in [2.05, 4.69) is 11.6 Å². The first-order chi connectivity index (χ1) is 5.35. The monoisotopic (exact) mass is 155 g/mol. The number of hydrogen-bond acceptors (Lipinski definition) is 2. The minimum Gasteiger partial charge on any atom is -0.497 e. The lowest BCUT2D eigenvalue weighted by Gasteiger charge is -1.94. The summed E-state index contributed by atoms with van der Waals surface area (Å²) < 4.78 is 4.85. The number of aliphatic imine (C=N–C) groups is 1. The summed E-state index contributed by atoms with van der Waals surface area (Å²) in [6, 6.07) is 0. The van der Waals surface area contributed by atoms with Gasteiger partial charge in [-0.15, -0.1) is 0 Å². The maximum atomic E-state index is 4.85. The molecule has 11 heavy (non-hydrogen) atoms. The van der Waals surface area contributed by atoms with E-state index in [1.54, 1.807) is 32.5 Å². The van der Waals surface area contributed by atoms with E-state index in [1.807, 2.05) is 13.8 Å². The molecule has 2 heteroatoms. The molecule has 0 atom stereocenters. The second kappa shape index (κ2) is 11.7. The highest BCUT2D eigenvalue weighted by atomic mass is 16.5.